The van der Waals surface area contributed by atoms with Crippen LogP contribution >= 0.6 is 24.0 Å². The molecule has 7 heteroatoms. The first-order valence-corrected chi connectivity index (χ1v) is 11.0. The minimum atomic E-state index is 0. The molecule has 1 aliphatic carbocycles. The minimum absolute atomic E-state index is 0. The molecule has 0 aromatic carbocycles. The second-order valence-electron chi connectivity index (χ2n) is 8.09. The Balaban J connectivity index is 0.00000300. The van der Waals surface area contributed by atoms with E-state index in [4.69, 9.17) is 18.9 Å². The van der Waals surface area contributed by atoms with Gasteiger partial charge in [-0.25, -0.2) is 0 Å². The van der Waals surface area contributed by atoms with Gasteiger partial charge in [0.25, 0.3) is 0 Å². The van der Waals surface area contributed by atoms with E-state index >= 15 is 0 Å². The van der Waals surface area contributed by atoms with E-state index in [0.717, 1.165) is 63.3 Å². The van der Waals surface area contributed by atoms with Gasteiger partial charge in [0.05, 0.1) is 26.1 Å². The predicted octanol–water partition coefficient (Wildman–Crippen LogP) is 3.95. The summed E-state index contributed by atoms with van der Waals surface area (Å²) in [5.74, 6) is 3.41. The van der Waals surface area contributed by atoms with Crippen molar-refractivity contribution in [2.24, 2.45) is 16.8 Å². The maximum Gasteiger partial charge on any atom is 0.193 e. The summed E-state index contributed by atoms with van der Waals surface area (Å²) in [6, 6.07) is 3.98. The van der Waals surface area contributed by atoms with Gasteiger partial charge in [0.15, 0.2) is 5.96 Å². The number of halogens is 1. The van der Waals surface area contributed by atoms with E-state index in [9.17, 15) is 0 Å². The highest BCUT2D eigenvalue weighted by Gasteiger charge is 2.25. The fraction of sp³-hybridized carbons (Fsp3) is 0.773. The Morgan fingerprint density at radius 3 is 2.83 bits per heavy atom. The van der Waals surface area contributed by atoms with E-state index in [1.807, 2.05) is 12.1 Å². The standard InChI is InChI=1S/C22H37N3O3.HI/c1-26-14-15-27-18-20-10-12-25(17-20)22(23-11-9-21-8-5-13-28-21)24-16-19-6-3-2-4-7-19;/h5,8,13,19-20H,2-4,6-7,9-12,14-18H2,1H3,(H,23,24);1H. The largest absolute Gasteiger partial charge is 0.469 e. The lowest BCUT2D eigenvalue weighted by Crippen LogP contribution is -2.41. The molecule has 1 saturated heterocycles. The molecule has 2 fully saturated rings. The van der Waals surface area contributed by atoms with Gasteiger partial charge in [-0.15, -0.1) is 24.0 Å². The third-order valence-electron chi connectivity index (χ3n) is 5.83. The molecule has 2 heterocycles. The number of guanidine groups is 1. The molecule has 0 amide bonds. The number of nitrogens with zero attached hydrogens (tertiary/aromatic N) is 2. The molecule has 0 bridgehead atoms. The van der Waals surface area contributed by atoms with Crippen molar-refractivity contribution in [3.8, 4) is 0 Å². The molecule has 166 valence electrons. The molecule has 0 radical (unpaired) electrons. The molecule has 6 nitrogen and oxygen atoms in total. The maximum atomic E-state index is 5.75. The second kappa shape index (κ2) is 14.2. The fourth-order valence-electron chi connectivity index (χ4n) is 4.16. The Morgan fingerprint density at radius 2 is 2.07 bits per heavy atom. The normalized spacial score (nSPS) is 20.7. The highest BCUT2D eigenvalue weighted by Crippen LogP contribution is 2.24. The van der Waals surface area contributed by atoms with Crippen molar-refractivity contribution in [3.05, 3.63) is 24.2 Å². The number of hydrogen-bond acceptors (Lipinski definition) is 4. The van der Waals surface area contributed by atoms with Gasteiger partial charge in [-0.1, -0.05) is 19.3 Å². The molecule has 3 rings (SSSR count). The van der Waals surface area contributed by atoms with Crippen LogP contribution in [0, 0.1) is 11.8 Å². The van der Waals surface area contributed by atoms with E-state index in [2.05, 4.69) is 10.2 Å². The van der Waals surface area contributed by atoms with Crippen molar-refractivity contribution in [2.45, 2.75) is 44.9 Å². The molecule has 1 aromatic rings. The van der Waals surface area contributed by atoms with Gasteiger partial charge >= 0.3 is 0 Å². The Bertz CT molecular complexity index is 562. The third-order valence-corrected chi connectivity index (χ3v) is 5.83. The zero-order chi connectivity index (χ0) is 19.4. The molecule has 2 aliphatic rings. The van der Waals surface area contributed by atoms with Crippen molar-refractivity contribution in [2.75, 3.05) is 53.1 Å². The molecule has 1 N–H and O–H groups in total. The maximum absolute atomic E-state index is 5.75. The van der Waals surface area contributed by atoms with Gasteiger partial charge in [-0.3, -0.25) is 4.99 Å². The van der Waals surface area contributed by atoms with E-state index < -0.39 is 0 Å². The lowest BCUT2D eigenvalue weighted by atomic mass is 9.89. The lowest BCUT2D eigenvalue weighted by molar-refractivity contribution is 0.0536. The van der Waals surface area contributed by atoms with Crippen LogP contribution in [0.1, 0.15) is 44.3 Å². The zero-order valence-electron chi connectivity index (χ0n) is 17.8. The van der Waals surface area contributed by atoms with Crippen LogP contribution in [0.5, 0.6) is 0 Å². The van der Waals surface area contributed by atoms with Gasteiger partial charge in [-0.2, -0.15) is 0 Å². The molecule has 1 saturated carbocycles. The number of rotatable bonds is 10. The van der Waals surface area contributed by atoms with Gasteiger partial charge in [-0.05, 0) is 37.3 Å². The summed E-state index contributed by atoms with van der Waals surface area (Å²) in [7, 11) is 1.71. The average Bonchev–Trinajstić information content (AvgIpc) is 3.41. The Labute approximate surface area is 192 Å². The van der Waals surface area contributed by atoms with Gasteiger partial charge in [0, 0.05) is 45.6 Å². The van der Waals surface area contributed by atoms with Gasteiger partial charge in [0.2, 0.25) is 0 Å². The molecule has 29 heavy (non-hydrogen) atoms. The monoisotopic (exact) mass is 519 g/mol. The topological polar surface area (TPSA) is 59.2 Å². The van der Waals surface area contributed by atoms with Crippen LogP contribution in [0.2, 0.25) is 0 Å². The van der Waals surface area contributed by atoms with E-state index in [-0.39, 0.29) is 24.0 Å². The summed E-state index contributed by atoms with van der Waals surface area (Å²) < 4.78 is 16.3. The van der Waals surface area contributed by atoms with Crippen LogP contribution in [0.3, 0.4) is 0 Å². The first kappa shape index (κ1) is 24.5. The first-order chi connectivity index (χ1) is 13.8. The zero-order valence-corrected chi connectivity index (χ0v) is 20.1. The summed E-state index contributed by atoms with van der Waals surface area (Å²) in [6.07, 6.45) is 10.6. The van der Waals surface area contributed by atoms with Crippen molar-refractivity contribution in [1.82, 2.24) is 10.2 Å². The summed E-state index contributed by atoms with van der Waals surface area (Å²) in [6.45, 7) is 6.02. The van der Waals surface area contributed by atoms with Crippen molar-refractivity contribution < 1.29 is 13.9 Å². The smallest absolute Gasteiger partial charge is 0.193 e. The Kier molecular flexibility index (Phi) is 12.0. The highest BCUT2D eigenvalue weighted by molar-refractivity contribution is 14.0. The van der Waals surface area contributed by atoms with E-state index in [1.165, 1.54) is 32.1 Å². The van der Waals surface area contributed by atoms with Crippen molar-refractivity contribution in [1.29, 1.82) is 0 Å². The molecular weight excluding hydrogens is 481 g/mol. The fourth-order valence-corrected chi connectivity index (χ4v) is 4.16. The van der Waals surface area contributed by atoms with Crippen molar-refractivity contribution in [3.63, 3.8) is 0 Å². The number of methoxy groups -OCH3 is 1. The number of nitrogens with one attached hydrogen (secondary N) is 1. The van der Waals surface area contributed by atoms with Crippen molar-refractivity contribution >= 4 is 29.9 Å². The van der Waals surface area contributed by atoms with Gasteiger partial charge < -0.3 is 24.1 Å². The Morgan fingerprint density at radius 1 is 1.21 bits per heavy atom. The first-order valence-electron chi connectivity index (χ1n) is 11.0. The molecule has 1 aliphatic heterocycles. The average molecular weight is 519 g/mol. The van der Waals surface area contributed by atoms with Crippen LogP contribution in [-0.2, 0) is 15.9 Å². The minimum Gasteiger partial charge on any atom is -0.469 e. The molecule has 1 atom stereocenters. The Hall–Kier alpha value is -0.800. The summed E-state index contributed by atoms with van der Waals surface area (Å²) >= 11 is 0. The quantitative estimate of drug-likeness (QED) is 0.220. The lowest BCUT2D eigenvalue weighted by Gasteiger charge is -2.24. The number of likely N-dealkylation sites (tertiary alicyclic amines) is 1. The van der Waals surface area contributed by atoms with E-state index in [0.29, 0.717) is 19.1 Å². The number of aliphatic imine (C=N–C) groups is 1. The molecule has 1 unspecified atom stereocenters. The highest BCUT2D eigenvalue weighted by atomic mass is 127. The van der Waals surface area contributed by atoms with Gasteiger partial charge in [0.1, 0.15) is 5.76 Å². The van der Waals surface area contributed by atoms with Crippen LogP contribution in [0.25, 0.3) is 0 Å². The van der Waals surface area contributed by atoms with Crippen LogP contribution < -0.4 is 5.32 Å². The van der Waals surface area contributed by atoms with Crippen LogP contribution in [0.4, 0.5) is 0 Å². The second-order valence-corrected chi connectivity index (χ2v) is 8.09. The predicted molar refractivity (Wildman–Crippen MR) is 127 cm³/mol. The SMILES string of the molecule is COCCOCC1CCN(C(=NCC2CCCCC2)NCCc2ccco2)C1.I. The number of ether oxygens (including phenoxy) is 2. The van der Waals surface area contributed by atoms with E-state index in [1.54, 1.807) is 13.4 Å². The van der Waals surface area contributed by atoms with Crippen LogP contribution in [-0.4, -0.2) is 64.0 Å². The summed E-state index contributed by atoms with van der Waals surface area (Å²) in [5.41, 5.74) is 0. The van der Waals surface area contributed by atoms with Crippen LogP contribution in [0.15, 0.2) is 27.8 Å². The molecule has 0 spiro atoms. The molecule has 1 aromatic heterocycles. The number of hydrogen-bond donors (Lipinski definition) is 1. The summed E-state index contributed by atoms with van der Waals surface area (Å²) in [5, 5.41) is 3.59. The molecular formula is C22H38IN3O3. The summed E-state index contributed by atoms with van der Waals surface area (Å²) in [4.78, 5) is 7.44. The third kappa shape index (κ3) is 8.84. The number of furan rings is 1.